The van der Waals surface area contributed by atoms with Gasteiger partial charge in [-0.1, -0.05) is 12.2 Å². The van der Waals surface area contributed by atoms with Gasteiger partial charge < -0.3 is 0 Å². The third-order valence-electron chi connectivity index (χ3n) is 1.26. The first-order chi connectivity index (χ1) is 4.68. The van der Waals surface area contributed by atoms with E-state index in [1.807, 2.05) is 31.2 Å². The molecular formula is C8H10N2. The van der Waals surface area contributed by atoms with E-state index in [0.717, 1.165) is 0 Å². The molecule has 0 aliphatic heterocycles. The second-order valence-corrected chi connectivity index (χ2v) is 2.33. The Bertz CT molecular complexity index is 188. The molecule has 10 heavy (non-hydrogen) atoms. The third-order valence-corrected chi connectivity index (χ3v) is 1.26. The van der Waals surface area contributed by atoms with Crippen LogP contribution in [0, 0.1) is 28.1 Å². The van der Waals surface area contributed by atoms with E-state index in [-0.39, 0.29) is 0 Å². The highest BCUT2D eigenvalue weighted by atomic mass is 14.4. The normalized spacial score (nSPS) is 10.8. The lowest BCUT2D eigenvalue weighted by atomic mass is 9.91. The molecule has 0 atom stereocenters. The molecule has 2 heteroatoms. The largest absolute Gasteiger partial charge is 0.197 e. The van der Waals surface area contributed by atoms with E-state index < -0.39 is 5.41 Å². The Kier molecular flexibility index (Phi) is 3.22. The summed E-state index contributed by atoms with van der Waals surface area (Å²) in [5.74, 6) is 0. The number of rotatable bonds is 2. The zero-order chi connectivity index (χ0) is 8.04. The molecule has 0 spiro atoms. The highest BCUT2D eigenvalue weighted by molar-refractivity contribution is 5.13. The first-order valence-corrected chi connectivity index (χ1v) is 3.12. The summed E-state index contributed by atoms with van der Waals surface area (Å²) >= 11 is 0. The lowest BCUT2D eigenvalue weighted by molar-refractivity contribution is 0.595. The maximum atomic E-state index is 8.51. The summed E-state index contributed by atoms with van der Waals surface area (Å²) in [5, 5.41) is 17.0. The van der Waals surface area contributed by atoms with Crippen LogP contribution in [-0.4, -0.2) is 0 Å². The molecule has 0 unspecified atom stereocenters. The quantitative estimate of drug-likeness (QED) is 0.542. The second kappa shape index (κ2) is 3.69. The van der Waals surface area contributed by atoms with Crippen molar-refractivity contribution < 1.29 is 0 Å². The van der Waals surface area contributed by atoms with E-state index in [1.165, 1.54) is 0 Å². The molecule has 0 aromatic carbocycles. The fourth-order valence-corrected chi connectivity index (χ4v) is 0.470. The molecule has 0 saturated carbocycles. The van der Waals surface area contributed by atoms with E-state index in [0.29, 0.717) is 6.42 Å². The van der Waals surface area contributed by atoms with Crippen LogP contribution in [0.2, 0.25) is 0 Å². The molecular weight excluding hydrogens is 124 g/mol. The van der Waals surface area contributed by atoms with Crippen molar-refractivity contribution in [2.75, 3.05) is 0 Å². The summed E-state index contributed by atoms with van der Waals surface area (Å²) in [5.41, 5.74) is -0.841. The van der Waals surface area contributed by atoms with Crippen LogP contribution in [0.4, 0.5) is 0 Å². The predicted molar refractivity (Wildman–Crippen MR) is 38.8 cm³/mol. The van der Waals surface area contributed by atoms with Gasteiger partial charge in [-0.15, -0.1) is 0 Å². The van der Waals surface area contributed by atoms with Gasteiger partial charge in [-0.3, -0.25) is 0 Å². The average molecular weight is 134 g/mol. The Morgan fingerprint density at radius 3 is 2.20 bits per heavy atom. The minimum atomic E-state index is -0.841. The minimum Gasteiger partial charge on any atom is -0.197 e. The van der Waals surface area contributed by atoms with Gasteiger partial charge in [0.2, 0.25) is 0 Å². The van der Waals surface area contributed by atoms with Gasteiger partial charge in [-0.25, -0.2) is 0 Å². The smallest absolute Gasteiger partial charge is 0.144 e. The van der Waals surface area contributed by atoms with Gasteiger partial charge in [-0.05, 0) is 20.3 Å². The van der Waals surface area contributed by atoms with E-state index in [9.17, 15) is 0 Å². The second-order valence-electron chi connectivity index (χ2n) is 2.33. The molecule has 0 radical (unpaired) electrons. The molecule has 0 aliphatic rings. The summed E-state index contributed by atoms with van der Waals surface area (Å²) < 4.78 is 0. The van der Waals surface area contributed by atoms with Gasteiger partial charge in [0.25, 0.3) is 0 Å². The monoisotopic (exact) mass is 134 g/mol. The van der Waals surface area contributed by atoms with Crippen LogP contribution in [-0.2, 0) is 0 Å². The van der Waals surface area contributed by atoms with Gasteiger partial charge >= 0.3 is 0 Å². The topological polar surface area (TPSA) is 47.6 Å². The summed E-state index contributed by atoms with van der Waals surface area (Å²) in [6, 6.07) is 3.90. The van der Waals surface area contributed by atoms with Crippen molar-refractivity contribution in [3.63, 3.8) is 0 Å². The lowest BCUT2D eigenvalue weighted by Gasteiger charge is -2.06. The maximum Gasteiger partial charge on any atom is 0.144 e. The van der Waals surface area contributed by atoms with E-state index >= 15 is 0 Å². The number of hydrogen-bond donors (Lipinski definition) is 0. The molecule has 0 N–H and O–H groups in total. The van der Waals surface area contributed by atoms with Gasteiger partial charge in [0.15, 0.2) is 0 Å². The molecule has 0 aromatic rings. The summed E-state index contributed by atoms with van der Waals surface area (Å²) in [6.45, 7) is 3.50. The van der Waals surface area contributed by atoms with Gasteiger partial charge in [-0.2, -0.15) is 10.5 Å². The molecule has 0 bridgehead atoms. The van der Waals surface area contributed by atoms with Gasteiger partial charge in [0.1, 0.15) is 5.41 Å². The Morgan fingerprint density at radius 1 is 1.40 bits per heavy atom. The first kappa shape index (κ1) is 8.72. The van der Waals surface area contributed by atoms with Crippen molar-refractivity contribution in [3.05, 3.63) is 12.2 Å². The Morgan fingerprint density at radius 2 is 1.90 bits per heavy atom. The van der Waals surface area contributed by atoms with E-state index in [2.05, 4.69) is 0 Å². The van der Waals surface area contributed by atoms with E-state index in [1.54, 1.807) is 6.92 Å². The highest BCUT2D eigenvalue weighted by Gasteiger charge is 2.20. The average Bonchev–Trinajstić information content (AvgIpc) is 2.00. The molecule has 0 rings (SSSR count). The van der Waals surface area contributed by atoms with Crippen LogP contribution in [0.5, 0.6) is 0 Å². The van der Waals surface area contributed by atoms with Crippen molar-refractivity contribution >= 4 is 0 Å². The molecule has 52 valence electrons. The molecule has 2 nitrogen and oxygen atoms in total. The maximum absolute atomic E-state index is 8.51. The summed E-state index contributed by atoms with van der Waals surface area (Å²) in [7, 11) is 0. The van der Waals surface area contributed by atoms with Gasteiger partial charge in [0, 0.05) is 0 Å². The zero-order valence-corrected chi connectivity index (χ0v) is 6.26. The van der Waals surface area contributed by atoms with Gasteiger partial charge in [0.05, 0.1) is 12.1 Å². The standard InChI is InChI=1S/C8H10N2/c1-3-4-5-8(2,6-9)7-10/h3-4H,5H2,1-2H3/b4-3+. The fraction of sp³-hybridized carbons (Fsp3) is 0.500. The van der Waals surface area contributed by atoms with Crippen LogP contribution in [0.1, 0.15) is 20.3 Å². The SMILES string of the molecule is C/C=C/CC(C)(C#N)C#N. The van der Waals surface area contributed by atoms with Crippen molar-refractivity contribution in [2.45, 2.75) is 20.3 Å². The van der Waals surface area contributed by atoms with E-state index in [4.69, 9.17) is 10.5 Å². The Balaban J connectivity index is 4.14. The molecule has 0 aromatic heterocycles. The highest BCUT2D eigenvalue weighted by Crippen LogP contribution is 2.18. The number of nitrogens with zero attached hydrogens (tertiary/aromatic N) is 2. The Hall–Kier alpha value is -1.28. The number of hydrogen-bond acceptors (Lipinski definition) is 2. The third kappa shape index (κ3) is 2.33. The van der Waals surface area contributed by atoms with Crippen molar-refractivity contribution in [3.8, 4) is 12.1 Å². The van der Waals surface area contributed by atoms with Crippen molar-refractivity contribution in [1.82, 2.24) is 0 Å². The zero-order valence-electron chi connectivity index (χ0n) is 6.26. The minimum absolute atomic E-state index is 0.510. The van der Waals surface area contributed by atoms with Crippen LogP contribution in [0.25, 0.3) is 0 Å². The first-order valence-electron chi connectivity index (χ1n) is 3.12. The Labute approximate surface area is 61.4 Å². The predicted octanol–water partition coefficient (Wildman–Crippen LogP) is 2.01. The van der Waals surface area contributed by atoms with Crippen molar-refractivity contribution in [1.29, 1.82) is 10.5 Å². The van der Waals surface area contributed by atoms with Crippen LogP contribution in [0.15, 0.2) is 12.2 Å². The molecule has 0 fully saturated rings. The lowest BCUT2D eigenvalue weighted by Crippen LogP contribution is -2.08. The van der Waals surface area contributed by atoms with Crippen LogP contribution in [0.3, 0.4) is 0 Å². The summed E-state index contributed by atoms with van der Waals surface area (Å²) in [4.78, 5) is 0. The molecule has 0 aliphatic carbocycles. The number of nitriles is 2. The number of allylic oxidation sites excluding steroid dienone is 2. The fourth-order valence-electron chi connectivity index (χ4n) is 0.470. The molecule has 0 amide bonds. The van der Waals surface area contributed by atoms with Crippen LogP contribution < -0.4 is 0 Å². The van der Waals surface area contributed by atoms with Crippen molar-refractivity contribution in [2.24, 2.45) is 5.41 Å². The molecule has 0 heterocycles. The van der Waals surface area contributed by atoms with Crippen LogP contribution >= 0.6 is 0 Å². The molecule has 0 saturated heterocycles. The summed E-state index contributed by atoms with van der Waals surface area (Å²) in [6.07, 6.45) is 4.18.